The summed E-state index contributed by atoms with van der Waals surface area (Å²) >= 11 is 0. The molecule has 0 amide bonds. The molecule has 0 spiro atoms. The van der Waals surface area contributed by atoms with Crippen LogP contribution >= 0.6 is 0 Å². The number of nitrogen functional groups attached to an aromatic ring is 1. The number of likely N-dealkylation sites (N-methyl/N-ethyl adjacent to an activating group) is 1. The molecule has 1 aliphatic heterocycles. The van der Waals surface area contributed by atoms with Gasteiger partial charge in [0, 0.05) is 31.9 Å². The predicted molar refractivity (Wildman–Crippen MR) is 104 cm³/mol. The first kappa shape index (κ1) is 19.5. The number of ether oxygens (including phenoxy) is 1. The first-order chi connectivity index (χ1) is 14.0. The number of pyridine rings is 1. The van der Waals surface area contributed by atoms with Crippen molar-refractivity contribution in [1.29, 1.82) is 0 Å². The maximum absolute atomic E-state index is 10.3. The van der Waals surface area contributed by atoms with E-state index in [9.17, 15) is 15.3 Å². The second-order valence-electron chi connectivity index (χ2n) is 6.95. The number of imidazole rings is 1. The number of rotatable bonds is 6. The first-order valence-electron chi connectivity index (χ1n) is 9.23. The summed E-state index contributed by atoms with van der Waals surface area (Å²) < 4.78 is 7.08. The van der Waals surface area contributed by atoms with E-state index in [0.29, 0.717) is 30.1 Å². The summed E-state index contributed by atoms with van der Waals surface area (Å²) in [6.45, 7) is 0.198. The highest BCUT2D eigenvalue weighted by molar-refractivity contribution is 5.83. The van der Waals surface area contributed by atoms with E-state index < -0.39 is 31.1 Å². The number of hydrogen-bond donors (Lipinski definition) is 4. The summed E-state index contributed by atoms with van der Waals surface area (Å²) in [7, 11) is 1.84. The van der Waals surface area contributed by atoms with Crippen molar-refractivity contribution < 1.29 is 20.1 Å². The fourth-order valence-corrected chi connectivity index (χ4v) is 3.32. The Morgan fingerprint density at radius 2 is 2.03 bits per heavy atom. The highest BCUT2D eigenvalue weighted by atomic mass is 16.6. The van der Waals surface area contributed by atoms with Crippen LogP contribution in [0, 0.1) is 0 Å². The third kappa shape index (κ3) is 3.60. The molecule has 3 aromatic rings. The van der Waals surface area contributed by atoms with Gasteiger partial charge in [0.15, 0.2) is 17.7 Å². The Balaban J connectivity index is 1.61. The molecule has 3 aromatic heterocycles. The fraction of sp³-hybridized carbons (Fsp3) is 0.444. The number of aliphatic hydroxyl groups is 3. The molecule has 4 rings (SSSR count). The molecule has 11 heteroatoms. The van der Waals surface area contributed by atoms with Crippen molar-refractivity contribution >= 4 is 22.9 Å². The Kier molecular flexibility index (Phi) is 5.28. The molecular weight excluding hydrogens is 378 g/mol. The van der Waals surface area contributed by atoms with Crippen LogP contribution in [0.25, 0.3) is 11.2 Å². The van der Waals surface area contributed by atoms with Gasteiger partial charge in [0.05, 0.1) is 12.9 Å². The summed E-state index contributed by atoms with van der Waals surface area (Å²) in [6, 6.07) is 5.75. The van der Waals surface area contributed by atoms with E-state index in [4.69, 9.17) is 10.5 Å². The van der Waals surface area contributed by atoms with Crippen LogP contribution in [0.15, 0.2) is 30.7 Å². The van der Waals surface area contributed by atoms with Crippen LogP contribution in [0.2, 0.25) is 0 Å². The Morgan fingerprint density at radius 3 is 2.72 bits per heavy atom. The van der Waals surface area contributed by atoms with Gasteiger partial charge < -0.3 is 30.7 Å². The van der Waals surface area contributed by atoms with Crippen molar-refractivity contribution in [3.63, 3.8) is 0 Å². The largest absolute Gasteiger partial charge is 0.394 e. The molecule has 1 aliphatic rings. The monoisotopic (exact) mass is 401 g/mol. The number of anilines is 2. The predicted octanol–water partition coefficient (Wildman–Crippen LogP) is -0.906. The van der Waals surface area contributed by atoms with Crippen molar-refractivity contribution in [2.45, 2.75) is 31.0 Å². The van der Waals surface area contributed by atoms with Crippen LogP contribution in [0.3, 0.4) is 0 Å². The molecule has 5 N–H and O–H groups in total. The van der Waals surface area contributed by atoms with Crippen LogP contribution < -0.4 is 10.6 Å². The van der Waals surface area contributed by atoms with E-state index in [1.54, 1.807) is 6.20 Å². The van der Waals surface area contributed by atoms with Crippen LogP contribution in [0.5, 0.6) is 0 Å². The average Bonchev–Trinajstić information content (AvgIpc) is 3.28. The quantitative estimate of drug-likeness (QED) is 0.408. The minimum absolute atomic E-state index is 0.195. The number of nitrogens with zero attached hydrogens (tertiary/aromatic N) is 6. The number of fused-ring (bicyclic) bond motifs is 1. The van der Waals surface area contributed by atoms with Gasteiger partial charge in [-0.05, 0) is 12.1 Å². The number of aliphatic hydroxyl groups excluding tert-OH is 3. The van der Waals surface area contributed by atoms with E-state index >= 15 is 0 Å². The van der Waals surface area contributed by atoms with Gasteiger partial charge in [-0.25, -0.2) is 4.98 Å². The normalized spacial score (nSPS) is 24.3. The van der Waals surface area contributed by atoms with Gasteiger partial charge in [-0.1, -0.05) is 6.07 Å². The highest BCUT2D eigenvalue weighted by Gasteiger charge is 2.44. The van der Waals surface area contributed by atoms with Gasteiger partial charge in [0.1, 0.15) is 23.8 Å². The van der Waals surface area contributed by atoms with E-state index in [1.807, 2.05) is 30.1 Å². The lowest BCUT2D eigenvalue weighted by Crippen LogP contribution is -2.33. The summed E-state index contributed by atoms with van der Waals surface area (Å²) in [5, 5.41) is 29.7. The third-order valence-electron chi connectivity index (χ3n) is 5.00. The smallest absolute Gasteiger partial charge is 0.229 e. The topological polar surface area (TPSA) is 156 Å². The van der Waals surface area contributed by atoms with Gasteiger partial charge in [0.25, 0.3) is 0 Å². The molecule has 4 atom stereocenters. The Labute approximate surface area is 166 Å². The summed E-state index contributed by atoms with van der Waals surface area (Å²) in [5.41, 5.74) is 7.75. The Bertz CT molecular complexity index is 983. The molecule has 1 fully saturated rings. The highest BCUT2D eigenvalue weighted by Crippen LogP contribution is 2.32. The molecule has 154 valence electrons. The van der Waals surface area contributed by atoms with Crippen molar-refractivity contribution in [3.8, 4) is 0 Å². The van der Waals surface area contributed by atoms with Crippen molar-refractivity contribution in [2.75, 3.05) is 30.8 Å². The van der Waals surface area contributed by atoms with Crippen molar-refractivity contribution in [1.82, 2.24) is 24.5 Å². The third-order valence-corrected chi connectivity index (χ3v) is 5.00. The lowest BCUT2D eigenvalue weighted by Gasteiger charge is -2.19. The van der Waals surface area contributed by atoms with E-state index in [-0.39, 0.29) is 5.82 Å². The summed E-state index contributed by atoms with van der Waals surface area (Å²) in [4.78, 5) is 19.2. The fourth-order valence-electron chi connectivity index (χ4n) is 3.32. The minimum atomic E-state index is -1.24. The molecule has 4 heterocycles. The molecule has 0 bridgehead atoms. The zero-order valence-corrected chi connectivity index (χ0v) is 15.8. The zero-order chi connectivity index (χ0) is 20.5. The standard InChI is InChI=1S/C18H23N7O4/c1-24(7-5-10-4-2-3-6-20-10)18-22-15(19)12-16(23-18)25(9-21-12)17-14(28)13(27)11(8-26)29-17/h2-4,6,9,11,13-14,17,26-28H,5,7-8H2,1H3,(H2,19,22,23)/t11-,13?,14?,17-/m1/s1. The second-order valence-corrected chi connectivity index (χ2v) is 6.95. The van der Waals surface area contributed by atoms with Crippen LogP contribution in [0.4, 0.5) is 11.8 Å². The second kappa shape index (κ2) is 7.87. The van der Waals surface area contributed by atoms with E-state index in [2.05, 4.69) is 19.9 Å². The van der Waals surface area contributed by atoms with Gasteiger partial charge in [-0.3, -0.25) is 9.55 Å². The maximum atomic E-state index is 10.3. The molecule has 0 saturated carbocycles. The molecular formula is C18H23N7O4. The molecule has 0 aliphatic carbocycles. The number of nitrogens with two attached hydrogens (primary N) is 1. The molecule has 29 heavy (non-hydrogen) atoms. The van der Waals surface area contributed by atoms with Gasteiger partial charge in [0.2, 0.25) is 5.95 Å². The molecule has 1 saturated heterocycles. The van der Waals surface area contributed by atoms with E-state index in [0.717, 1.165) is 5.69 Å². The summed E-state index contributed by atoms with van der Waals surface area (Å²) in [5.74, 6) is 0.583. The SMILES string of the molecule is CN(CCc1ccccn1)c1nc(N)c2ncn([C@@H]3O[C@H](CO)C(O)C3O)c2n1. The zero-order valence-electron chi connectivity index (χ0n) is 15.8. The number of hydrogen-bond acceptors (Lipinski definition) is 10. The van der Waals surface area contributed by atoms with Gasteiger partial charge in [-0.15, -0.1) is 0 Å². The average molecular weight is 401 g/mol. The summed E-state index contributed by atoms with van der Waals surface area (Å²) in [6.07, 6.45) is -0.441. The first-order valence-corrected chi connectivity index (χ1v) is 9.23. The van der Waals surface area contributed by atoms with Crippen LogP contribution in [-0.4, -0.2) is 78.3 Å². The molecule has 11 nitrogen and oxygen atoms in total. The lowest BCUT2D eigenvalue weighted by atomic mass is 10.1. The molecule has 0 aromatic carbocycles. The lowest BCUT2D eigenvalue weighted by molar-refractivity contribution is -0.0511. The van der Waals surface area contributed by atoms with Crippen molar-refractivity contribution in [3.05, 3.63) is 36.4 Å². The molecule has 0 radical (unpaired) electrons. The van der Waals surface area contributed by atoms with Gasteiger partial charge >= 0.3 is 0 Å². The van der Waals surface area contributed by atoms with Crippen molar-refractivity contribution in [2.24, 2.45) is 0 Å². The number of aromatic nitrogens is 5. The molecule has 2 unspecified atom stereocenters. The van der Waals surface area contributed by atoms with E-state index in [1.165, 1.54) is 10.9 Å². The van der Waals surface area contributed by atoms with Crippen LogP contribution in [-0.2, 0) is 11.2 Å². The Morgan fingerprint density at radius 1 is 1.21 bits per heavy atom. The minimum Gasteiger partial charge on any atom is -0.394 e. The Hall–Kier alpha value is -2.86. The maximum Gasteiger partial charge on any atom is 0.229 e. The van der Waals surface area contributed by atoms with Crippen LogP contribution in [0.1, 0.15) is 11.9 Å². The van der Waals surface area contributed by atoms with Gasteiger partial charge in [-0.2, -0.15) is 9.97 Å².